The van der Waals surface area contributed by atoms with Gasteiger partial charge in [0.2, 0.25) is 6.41 Å². The molecular formula is C12H13ClN2O4. The standard InChI is InChI=1S/C12H11ClN2O3.H2O/c13-8-1-2-9-7(5-14-10(9)4-8)3-11(12(17)18)15-6-16;/h1-2,4-6,11,14H,3H2,(H,15,16)(H,17,18);1H2/t11-;/m0./s1. The minimum Gasteiger partial charge on any atom is -0.480 e. The molecule has 0 aliphatic heterocycles. The zero-order valence-corrected chi connectivity index (χ0v) is 10.6. The van der Waals surface area contributed by atoms with E-state index in [0.29, 0.717) is 11.4 Å². The molecule has 1 atom stereocenters. The molecule has 2 rings (SSSR count). The predicted octanol–water partition coefficient (Wildman–Crippen LogP) is 0.738. The van der Waals surface area contributed by atoms with Crippen LogP contribution in [-0.4, -0.2) is 34.0 Å². The fraction of sp³-hybridized carbons (Fsp3) is 0.167. The molecule has 0 aliphatic carbocycles. The Bertz CT molecular complexity index is 596. The normalized spacial score (nSPS) is 11.6. The van der Waals surface area contributed by atoms with Gasteiger partial charge in [-0.15, -0.1) is 0 Å². The van der Waals surface area contributed by atoms with Crippen molar-refractivity contribution < 1.29 is 20.2 Å². The second kappa shape index (κ2) is 6.21. The zero-order valence-electron chi connectivity index (χ0n) is 9.81. The number of hydrogen-bond acceptors (Lipinski definition) is 2. The van der Waals surface area contributed by atoms with Crippen LogP contribution >= 0.6 is 11.6 Å². The molecule has 1 aromatic heterocycles. The summed E-state index contributed by atoms with van der Waals surface area (Å²) in [5.41, 5.74) is 1.66. The molecule has 0 saturated heterocycles. The third-order valence-corrected chi connectivity index (χ3v) is 2.96. The number of benzene rings is 1. The van der Waals surface area contributed by atoms with E-state index in [1.54, 1.807) is 18.3 Å². The van der Waals surface area contributed by atoms with Crippen molar-refractivity contribution in [3.63, 3.8) is 0 Å². The number of aromatic amines is 1. The molecule has 0 aliphatic rings. The molecule has 0 spiro atoms. The molecule has 5 N–H and O–H groups in total. The molecular weight excluding hydrogens is 272 g/mol. The highest BCUT2D eigenvalue weighted by atomic mass is 35.5. The van der Waals surface area contributed by atoms with Crippen molar-refractivity contribution in [2.24, 2.45) is 0 Å². The lowest BCUT2D eigenvalue weighted by Crippen LogP contribution is -2.37. The van der Waals surface area contributed by atoms with Crippen LogP contribution in [-0.2, 0) is 16.0 Å². The first kappa shape index (κ1) is 15.0. The van der Waals surface area contributed by atoms with E-state index >= 15 is 0 Å². The molecule has 102 valence electrons. The number of H-pyrrole nitrogens is 1. The van der Waals surface area contributed by atoms with E-state index in [1.807, 2.05) is 6.07 Å². The van der Waals surface area contributed by atoms with Gasteiger partial charge < -0.3 is 20.9 Å². The molecule has 0 saturated carbocycles. The number of carbonyl (C=O) groups is 2. The van der Waals surface area contributed by atoms with Crippen molar-refractivity contribution in [2.75, 3.05) is 0 Å². The van der Waals surface area contributed by atoms with E-state index in [4.69, 9.17) is 16.7 Å². The van der Waals surface area contributed by atoms with Crippen molar-refractivity contribution >= 4 is 34.9 Å². The molecule has 0 fully saturated rings. The summed E-state index contributed by atoms with van der Waals surface area (Å²) in [6.45, 7) is 0. The number of amides is 1. The largest absolute Gasteiger partial charge is 0.480 e. The maximum Gasteiger partial charge on any atom is 0.326 e. The number of carboxylic acid groups (broad SMARTS) is 1. The number of fused-ring (bicyclic) bond motifs is 1. The second-order valence-electron chi connectivity index (χ2n) is 3.88. The van der Waals surface area contributed by atoms with Crippen LogP contribution in [0.3, 0.4) is 0 Å². The minimum absolute atomic E-state index is 0. The van der Waals surface area contributed by atoms with Gasteiger partial charge in [0, 0.05) is 28.5 Å². The monoisotopic (exact) mass is 284 g/mol. The fourth-order valence-corrected chi connectivity index (χ4v) is 2.02. The Kier molecular flexibility index (Phi) is 4.91. The number of carbonyl (C=O) groups excluding carboxylic acids is 1. The molecule has 2 aromatic rings. The van der Waals surface area contributed by atoms with Crippen molar-refractivity contribution in [3.8, 4) is 0 Å². The Morgan fingerprint density at radius 1 is 1.53 bits per heavy atom. The molecule has 1 heterocycles. The van der Waals surface area contributed by atoms with Crippen LogP contribution in [0.15, 0.2) is 24.4 Å². The smallest absolute Gasteiger partial charge is 0.326 e. The summed E-state index contributed by atoms with van der Waals surface area (Å²) >= 11 is 5.86. The summed E-state index contributed by atoms with van der Waals surface area (Å²) in [5.74, 6) is -1.06. The van der Waals surface area contributed by atoms with Crippen LogP contribution < -0.4 is 5.32 Å². The molecule has 7 heteroatoms. The van der Waals surface area contributed by atoms with Crippen molar-refractivity contribution in [1.82, 2.24) is 10.3 Å². The first-order valence-electron chi connectivity index (χ1n) is 5.30. The summed E-state index contributed by atoms with van der Waals surface area (Å²) in [6, 6.07) is 4.40. The van der Waals surface area contributed by atoms with E-state index in [2.05, 4.69) is 10.3 Å². The summed E-state index contributed by atoms with van der Waals surface area (Å²) < 4.78 is 0. The third-order valence-electron chi connectivity index (χ3n) is 2.72. The average molecular weight is 285 g/mol. The zero-order chi connectivity index (χ0) is 13.1. The highest BCUT2D eigenvalue weighted by molar-refractivity contribution is 6.31. The number of nitrogens with one attached hydrogen (secondary N) is 2. The highest BCUT2D eigenvalue weighted by Gasteiger charge is 2.18. The topological polar surface area (TPSA) is 114 Å². The van der Waals surface area contributed by atoms with Gasteiger partial charge in [-0.25, -0.2) is 4.79 Å². The first-order chi connectivity index (χ1) is 8.61. The van der Waals surface area contributed by atoms with Crippen LogP contribution in [0.1, 0.15) is 5.56 Å². The SMILES string of the molecule is O.O=CN[C@@H](Cc1c[nH]c2cc(Cl)ccc12)C(=O)O. The average Bonchev–Trinajstić information content (AvgIpc) is 2.71. The first-order valence-corrected chi connectivity index (χ1v) is 5.67. The van der Waals surface area contributed by atoms with Crippen molar-refractivity contribution in [3.05, 3.63) is 35.0 Å². The lowest BCUT2D eigenvalue weighted by Gasteiger charge is -2.10. The maximum atomic E-state index is 11.0. The number of halogens is 1. The number of carboxylic acids is 1. The molecule has 1 aromatic carbocycles. The van der Waals surface area contributed by atoms with E-state index < -0.39 is 12.0 Å². The summed E-state index contributed by atoms with van der Waals surface area (Å²) in [6.07, 6.45) is 2.34. The van der Waals surface area contributed by atoms with Crippen molar-refractivity contribution in [2.45, 2.75) is 12.5 Å². The quantitative estimate of drug-likeness (QED) is 0.703. The van der Waals surface area contributed by atoms with Crippen LogP contribution in [0, 0.1) is 0 Å². The second-order valence-corrected chi connectivity index (χ2v) is 4.32. The number of rotatable bonds is 5. The van der Waals surface area contributed by atoms with Crippen LogP contribution in [0.5, 0.6) is 0 Å². The van der Waals surface area contributed by atoms with Gasteiger partial charge in [0.25, 0.3) is 0 Å². The molecule has 0 radical (unpaired) electrons. The summed E-state index contributed by atoms with van der Waals surface area (Å²) in [7, 11) is 0. The van der Waals surface area contributed by atoms with E-state index in [1.165, 1.54) is 0 Å². The van der Waals surface area contributed by atoms with Crippen molar-refractivity contribution in [1.29, 1.82) is 0 Å². The molecule has 1 amide bonds. The number of aliphatic carboxylic acids is 1. The maximum absolute atomic E-state index is 11.0. The summed E-state index contributed by atoms with van der Waals surface area (Å²) in [4.78, 5) is 24.3. The van der Waals surface area contributed by atoms with Crippen LogP contribution in [0.4, 0.5) is 0 Å². The lowest BCUT2D eigenvalue weighted by molar-refractivity contribution is -0.140. The Labute approximate surface area is 113 Å². The van der Waals surface area contributed by atoms with Gasteiger partial charge in [-0.05, 0) is 17.7 Å². The van der Waals surface area contributed by atoms with E-state index in [0.717, 1.165) is 16.5 Å². The Balaban J connectivity index is 0.00000180. The van der Waals surface area contributed by atoms with Crippen LogP contribution in [0.25, 0.3) is 10.9 Å². The van der Waals surface area contributed by atoms with Gasteiger partial charge in [0.15, 0.2) is 0 Å². The Morgan fingerprint density at radius 3 is 2.89 bits per heavy atom. The third kappa shape index (κ3) is 3.24. The predicted molar refractivity (Wildman–Crippen MR) is 71.3 cm³/mol. The van der Waals surface area contributed by atoms with E-state index in [-0.39, 0.29) is 11.9 Å². The number of hydrogen-bond donors (Lipinski definition) is 3. The van der Waals surface area contributed by atoms with Gasteiger partial charge >= 0.3 is 5.97 Å². The van der Waals surface area contributed by atoms with Gasteiger partial charge in [-0.3, -0.25) is 4.79 Å². The number of aromatic nitrogens is 1. The lowest BCUT2D eigenvalue weighted by atomic mass is 10.1. The molecule has 6 nitrogen and oxygen atoms in total. The molecule has 0 bridgehead atoms. The van der Waals surface area contributed by atoms with E-state index in [9.17, 15) is 9.59 Å². The Morgan fingerprint density at radius 2 is 2.26 bits per heavy atom. The highest BCUT2D eigenvalue weighted by Crippen LogP contribution is 2.22. The van der Waals surface area contributed by atoms with Gasteiger partial charge in [0.1, 0.15) is 6.04 Å². The minimum atomic E-state index is -1.06. The summed E-state index contributed by atoms with van der Waals surface area (Å²) in [5, 5.41) is 12.8. The molecule has 19 heavy (non-hydrogen) atoms. The van der Waals surface area contributed by atoms with Crippen LogP contribution in [0.2, 0.25) is 5.02 Å². The molecule has 0 unspecified atom stereocenters. The van der Waals surface area contributed by atoms with Gasteiger partial charge in [-0.1, -0.05) is 17.7 Å². The van der Waals surface area contributed by atoms with Gasteiger partial charge in [0.05, 0.1) is 0 Å². The fourth-order valence-electron chi connectivity index (χ4n) is 1.85. The van der Waals surface area contributed by atoms with Gasteiger partial charge in [-0.2, -0.15) is 0 Å². The Hall–Kier alpha value is -2.05.